The summed E-state index contributed by atoms with van der Waals surface area (Å²) in [5.74, 6) is 0.620. The standard InChI is InChI=1S/C13H20O/c1-11-8-9-12(13(11,2)3)7-5-4-6-10-14/h5,7-8,10,12H,4,6,9H2,1-3H3/t12-/m0/s1. The van der Waals surface area contributed by atoms with Gasteiger partial charge in [0.25, 0.3) is 0 Å². The van der Waals surface area contributed by atoms with E-state index in [9.17, 15) is 4.79 Å². The highest BCUT2D eigenvalue weighted by Gasteiger charge is 2.32. The number of unbranched alkanes of at least 4 members (excludes halogenated alkanes) is 1. The van der Waals surface area contributed by atoms with E-state index in [2.05, 4.69) is 39.0 Å². The fourth-order valence-corrected chi connectivity index (χ4v) is 1.90. The molecule has 0 aromatic heterocycles. The smallest absolute Gasteiger partial charge is 0.120 e. The van der Waals surface area contributed by atoms with Crippen molar-refractivity contribution in [2.45, 2.75) is 40.0 Å². The third kappa shape index (κ3) is 2.34. The van der Waals surface area contributed by atoms with Crippen LogP contribution >= 0.6 is 0 Å². The van der Waals surface area contributed by atoms with Crippen molar-refractivity contribution in [2.75, 3.05) is 0 Å². The SMILES string of the molecule is CC1=CC[C@H](C=CCCC=O)C1(C)C. The number of hydrogen-bond donors (Lipinski definition) is 0. The molecule has 0 radical (unpaired) electrons. The van der Waals surface area contributed by atoms with Gasteiger partial charge in [0, 0.05) is 6.42 Å². The zero-order valence-electron chi connectivity index (χ0n) is 9.42. The summed E-state index contributed by atoms with van der Waals surface area (Å²) in [5, 5.41) is 0. The molecule has 0 N–H and O–H groups in total. The third-order valence-corrected chi connectivity index (χ3v) is 3.44. The molecular formula is C13H20O. The molecule has 0 spiro atoms. The largest absolute Gasteiger partial charge is 0.303 e. The molecule has 1 rings (SSSR count). The molecule has 78 valence electrons. The Morgan fingerprint density at radius 3 is 2.71 bits per heavy atom. The van der Waals surface area contributed by atoms with Crippen LogP contribution < -0.4 is 0 Å². The molecule has 0 aromatic rings. The predicted molar refractivity (Wildman–Crippen MR) is 60.1 cm³/mol. The minimum atomic E-state index is 0.303. The highest BCUT2D eigenvalue weighted by molar-refractivity contribution is 5.49. The highest BCUT2D eigenvalue weighted by atomic mass is 16.1. The minimum Gasteiger partial charge on any atom is -0.303 e. The number of hydrogen-bond acceptors (Lipinski definition) is 1. The summed E-state index contributed by atoms with van der Waals surface area (Å²) in [5.41, 5.74) is 1.79. The van der Waals surface area contributed by atoms with Crippen molar-refractivity contribution in [1.29, 1.82) is 0 Å². The summed E-state index contributed by atoms with van der Waals surface area (Å²) in [6, 6.07) is 0. The Labute approximate surface area is 86.9 Å². The lowest BCUT2D eigenvalue weighted by Crippen LogP contribution is -2.18. The van der Waals surface area contributed by atoms with E-state index in [1.807, 2.05) is 0 Å². The van der Waals surface area contributed by atoms with E-state index in [1.54, 1.807) is 0 Å². The normalized spacial score (nSPS) is 25.4. The summed E-state index contributed by atoms with van der Waals surface area (Å²) < 4.78 is 0. The Kier molecular flexibility index (Phi) is 3.68. The number of allylic oxidation sites excluding steroid dienone is 4. The van der Waals surface area contributed by atoms with E-state index >= 15 is 0 Å². The van der Waals surface area contributed by atoms with Crippen LogP contribution in [0.3, 0.4) is 0 Å². The van der Waals surface area contributed by atoms with E-state index in [4.69, 9.17) is 0 Å². The Morgan fingerprint density at radius 1 is 1.50 bits per heavy atom. The Bertz CT molecular complexity index is 258. The third-order valence-electron chi connectivity index (χ3n) is 3.44. The summed E-state index contributed by atoms with van der Waals surface area (Å²) in [6.07, 6.45) is 10.4. The topological polar surface area (TPSA) is 17.1 Å². The second kappa shape index (κ2) is 4.59. The van der Waals surface area contributed by atoms with Crippen molar-refractivity contribution in [2.24, 2.45) is 11.3 Å². The van der Waals surface area contributed by atoms with Crippen LogP contribution in [0.25, 0.3) is 0 Å². The van der Waals surface area contributed by atoms with Gasteiger partial charge in [-0.05, 0) is 31.1 Å². The van der Waals surface area contributed by atoms with Gasteiger partial charge in [0.15, 0.2) is 0 Å². The van der Waals surface area contributed by atoms with Crippen LogP contribution in [0.2, 0.25) is 0 Å². The summed E-state index contributed by atoms with van der Waals surface area (Å²) in [6.45, 7) is 6.79. The maximum atomic E-state index is 10.1. The molecule has 0 bridgehead atoms. The number of carbonyl (C=O) groups is 1. The molecule has 1 nitrogen and oxygen atoms in total. The van der Waals surface area contributed by atoms with Gasteiger partial charge in [-0.3, -0.25) is 0 Å². The van der Waals surface area contributed by atoms with Crippen molar-refractivity contribution >= 4 is 6.29 Å². The maximum Gasteiger partial charge on any atom is 0.120 e. The molecule has 14 heavy (non-hydrogen) atoms. The molecule has 1 aliphatic carbocycles. The van der Waals surface area contributed by atoms with Gasteiger partial charge in [-0.2, -0.15) is 0 Å². The van der Waals surface area contributed by atoms with Gasteiger partial charge < -0.3 is 4.79 Å². The van der Waals surface area contributed by atoms with Crippen LogP contribution in [0.5, 0.6) is 0 Å². The second-order valence-corrected chi connectivity index (χ2v) is 4.62. The molecule has 0 amide bonds. The maximum absolute atomic E-state index is 10.1. The van der Waals surface area contributed by atoms with E-state index in [0.717, 1.165) is 19.1 Å². The van der Waals surface area contributed by atoms with Crippen molar-refractivity contribution in [3.63, 3.8) is 0 Å². The molecule has 1 aliphatic rings. The molecule has 1 heteroatoms. The molecule has 0 saturated heterocycles. The molecule has 0 unspecified atom stereocenters. The number of carbonyl (C=O) groups excluding carboxylic acids is 1. The second-order valence-electron chi connectivity index (χ2n) is 4.62. The first-order valence-corrected chi connectivity index (χ1v) is 5.36. The minimum absolute atomic E-state index is 0.303. The molecule has 0 fully saturated rings. The lowest BCUT2D eigenvalue weighted by molar-refractivity contribution is -0.107. The van der Waals surface area contributed by atoms with Gasteiger partial charge in [-0.15, -0.1) is 0 Å². The molecule has 0 saturated carbocycles. The van der Waals surface area contributed by atoms with Crippen LogP contribution in [-0.2, 0) is 4.79 Å². The lowest BCUT2D eigenvalue weighted by Gasteiger charge is -2.27. The summed E-state index contributed by atoms with van der Waals surface area (Å²) in [7, 11) is 0. The molecular weight excluding hydrogens is 172 g/mol. The first-order chi connectivity index (χ1) is 6.59. The molecule has 1 atom stereocenters. The van der Waals surface area contributed by atoms with Crippen molar-refractivity contribution < 1.29 is 4.79 Å². The fraction of sp³-hybridized carbons (Fsp3) is 0.615. The van der Waals surface area contributed by atoms with Crippen molar-refractivity contribution in [1.82, 2.24) is 0 Å². The predicted octanol–water partition coefficient (Wildman–Crippen LogP) is 3.51. The molecule has 0 aromatic carbocycles. The average molecular weight is 192 g/mol. The Balaban J connectivity index is 2.48. The highest BCUT2D eigenvalue weighted by Crippen LogP contribution is 2.43. The van der Waals surface area contributed by atoms with Gasteiger partial charge in [0.1, 0.15) is 6.29 Å². The average Bonchev–Trinajstić information content (AvgIpc) is 2.38. The zero-order chi connectivity index (χ0) is 10.6. The Hall–Kier alpha value is -0.850. The molecule has 0 aliphatic heterocycles. The number of rotatable bonds is 4. The van der Waals surface area contributed by atoms with Crippen LogP contribution in [0.1, 0.15) is 40.0 Å². The van der Waals surface area contributed by atoms with E-state index in [-0.39, 0.29) is 0 Å². The van der Waals surface area contributed by atoms with Gasteiger partial charge in [0.05, 0.1) is 0 Å². The van der Waals surface area contributed by atoms with E-state index < -0.39 is 0 Å². The van der Waals surface area contributed by atoms with Gasteiger partial charge in [0.2, 0.25) is 0 Å². The molecule has 0 heterocycles. The van der Waals surface area contributed by atoms with Crippen LogP contribution in [0, 0.1) is 11.3 Å². The fourth-order valence-electron chi connectivity index (χ4n) is 1.90. The van der Waals surface area contributed by atoms with Crippen molar-refractivity contribution in [3.05, 3.63) is 23.8 Å². The van der Waals surface area contributed by atoms with Gasteiger partial charge in [-0.1, -0.05) is 37.6 Å². The first kappa shape index (κ1) is 11.2. The van der Waals surface area contributed by atoms with Gasteiger partial charge in [-0.25, -0.2) is 0 Å². The van der Waals surface area contributed by atoms with Crippen LogP contribution in [-0.4, -0.2) is 6.29 Å². The zero-order valence-corrected chi connectivity index (χ0v) is 9.42. The monoisotopic (exact) mass is 192 g/mol. The summed E-state index contributed by atoms with van der Waals surface area (Å²) in [4.78, 5) is 10.1. The van der Waals surface area contributed by atoms with E-state index in [1.165, 1.54) is 5.57 Å². The van der Waals surface area contributed by atoms with E-state index in [0.29, 0.717) is 17.8 Å². The van der Waals surface area contributed by atoms with Crippen LogP contribution in [0.4, 0.5) is 0 Å². The van der Waals surface area contributed by atoms with Crippen molar-refractivity contribution in [3.8, 4) is 0 Å². The van der Waals surface area contributed by atoms with Crippen LogP contribution in [0.15, 0.2) is 23.8 Å². The quantitative estimate of drug-likeness (QED) is 0.378. The summed E-state index contributed by atoms with van der Waals surface area (Å²) >= 11 is 0. The first-order valence-electron chi connectivity index (χ1n) is 5.36. The Morgan fingerprint density at radius 2 is 2.21 bits per heavy atom. The lowest BCUT2D eigenvalue weighted by atomic mass is 9.77. The van der Waals surface area contributed by atoms with Gasteiger partial charge >= 0.3 is 0 Å². The number of aldehydes is 1.